The fourth-order valence-corrected chi connectivity index (χ4v) is 2.69. The van der Waals surface area contributed by atoms with Crippen LogP contribution in [0.2, 0.25) is 0 Å². The van der Waals surface area contributed by atoms with Crippen LogP contribution in [-0.2, 0) is 15.3 Å². The Morgan fingerprint density at radius 1 is 1.26 bits per heavy atom. The highest BCUT2D eigenvalue weighted by Gasteiger charge is 2.49. The molecule has 3 rings (SSSR count). The molecule has 0 fully saturated rings. The van der Waals surface area contributed by atoms with Crippen molar-refractivity contribution >= 4 is 16.6 Å². The van der Waals surface area contributed by atoms with Crippen LogP contribution in [0.5, 0.6) is 0 Å². The number of hydrogen-bond donors (Lipinski definition) is 0. The SMILES string of the molecule is C=CCOC1(OC)C(=O)c2cccc3cccc1c23. The summed E-state index contributed by atoms with van der Waals surface area (Å²) in [5.41, 5.74) is 1.42. The van der Waals surface area contributed by atoms with Crippen LogP contribution in [-0.4, -0.2) is 19.5 Å². The Bertz CT molecular complexity index is 669. The molecule has 0 aliphatic heterocycles. The molecular formula is C16H14O3. The van der Waals surface area contributed by atoms with Gasteiger partial charge in [-0.15, -0.1) is 6.58 Å². The fourth-order valence-electron chi connectivity index (χ4n) is 2.69. The molecule has 0 heterocycles. The first-order valence-corrected chi connectivity index (χ1v) is 6.11. The second-order valence-corrected chi connectivity index (χ2v) is 4.46. The first-order valence-electron chi connectivity index (χ1n) is 6.11. The zero-order chi connectivity index (χ0) is 13.5. The highest BCUT2D eigenvalue weighted by atomic mass is 16.7. The van der Waals surface area contributed by atoms with Gasteiger partial charge in [0.15, 0.2) is 0 Å². The molecule has 2 aromatic rings. The van der Waals surface area contributed by atoms with Gasteiger partial charge in [0, 0.05) is 23.6 Å². The summed E-state index contributed by atoms with van der Waals surface area (Å²) in [7, 11) is 1.49. The van der Waals surface area contributed by atoms with E-state index in [1.165, 1.54) is 7.11 Å². The lowest BCUT2D eigenvalue weighted by Crippen LogP contribution is -2.37. The van der Waals surface area contributed by atoms with Crippen molar-refractivity contribution in [3.8, 4) is 0 Å². The molecule has 0 spiro atoms. The number of Topliss-reactive ketones (excluding diaryl/α,β-unsaturated/α-hetero) is 1. The number of ketones is 1. The maximum absolute atomic E-state index is 12.7. The Hall–Kier alpha value is -1.97. The fraction of sp³-hybridized carbons (Fsp3) is 0.188. The summed E-state index contributed by atoms with van der Waals surface area (Å²) in [6.45, 7) is 3.87. The van der Waals surface area contributed by atoms with Crippen LogP contribution in [0, 0.1) is 0 Å². The Balaban J connectivity index is 2.29. The van der Waals surface area contributed by atoms with E-state index >= 15 is 0 Å². The second-order valence-electron chi connectivity index (χ2n) is 4.46. The first-order chi connectivity index (χ1) is 9.24. The molecule has 19 heavy (non-hydrogen) atoms. The van der Waals surface area contributed by atoms with Crippen molar-refractivity contribution in [3.63, 3.8) is 0 Å². The topological polar surface area (TPSA) is 35.5 Å². The van der Waals surface area contributed by atoms with Crippen molar-refractivity contribution in [1.29, 1.82) is 0 Å². The number of carbonyl (C=O) groups excluding carboxylic acids is 1. The van der Waals surface area contributed by atoms with Gasteiger partial charge in [0.05, 0.1) is 6.61 Å². The van der Waals surface area contributed by atoms with Gasteiger partial charge in [0.25, 0.3) is 5.79 Å². The lowest BCUT2D eigenvalue weighted by molar-refractivity contribution is -0.184. The molecule has 0 saturated heterocycles. The van der Waals surface area contributed by atoms with Crippen molar-refractivity contribution in [2.24, 2.45) is 0 Å². The number of carbonyl (C=O) groups is 1. The molecule has 96 valence electrons. The van der Waals surface area contributed by atoms with Gasteiger partial charge < -0.3 is 9.47 Å². The van der Waals surface area contributed by atoms with Gasteiger partial charge in [-0.2, -0.15) is 0 Å². The van der Waals surface area contributed by atoms with Crippen LogP contribution in [0.25, 0.3) is 10.8 Å². The third kappa shape index (κ3) is 1.49. The van der Waals surface area contributed by atoms with Crippen LogP contribution in [0.15, 0.2) is 49.1 Å². The summed E-state index contributed by atoms with van der Waals surface area (Å²) in [4.78, 5) is 12.7. The third-order valence-electron chi connectivity index (χ3n) is 3.49. The molecule has 1 aliphatic rings. The Morgan fingerprint density at radius 2 is 2.00 bits per heavy atom. The van der Waals surface area contributed by atoms with Crippen LogP contribution in [0.3, 0.4) is 0 Å². The van der Waals surface area contributed by atoms with Crippen molar-refractivity contribution in [2.45, 2.75) is 5.79 Å². The average molecular weight is 254 g/mol. The standard InChI is InChI=1S/C16H14O3/c1-3-10-19-16(18-2)13-9-5-7-11-6-4-8-12(14(11)13)15(16)17/h3-9H,1,10H2,2H3. The molecule has 2 aromatic carbocycles. The summed E-state index contributed by atoms with van der Waals surface area (Å²) < 4.78 is 11.2. The smallest absolute Gasteiger partial charge is 0.261 e. The van der Waals surface area contributed by atoms with E-state index in [-0.39, 0.29) is 12.4 Å². The van der Waals surface area contributed by atoms with Crippen molar-refractivity contribution < 1.29 is 14.3 Å². The average Bonchev–Trinajstić information content (AvgIpc) is 2.70. The molecular weight excluding hydrogens is 240 g/mol. The second kappa shape index (κ2) is 4.30. The summed E-state index contributed by atoms with van der Waals surface area (Å²) in [5.74, 6) is -1.49. The zero-order valence-corrected chi connectivity index (χ0v) is 10.7. The van der Waals surface area contributed by atoms with E-state index in [1.807, 2.05) is 36.4 Å². The van der Waals surface area contributed by atoms with E-state index in [2.05, 4.69) is 6.58 Å². The van der Waals surface area contributed by atoms with Gasteiger partial charge in [-0.3, -0.25) is 4.79 Å². The zero-order valence-electron chi connectivity index (χ0n) is 10.7. The molecule has 0 radical (unpaired) electrons. The van der Waals surface area contributed by atoms with E-state index in [9.17, 15) is 4.79 Å². The predicted molar refractivity (Wildman–Crippen MR) is 73.1 cm³/mol. The quantitative estimate of drug-likeness (QED) is 0.621. The van der Waals surface area contributed by atoms with Gasteiger partial charge in [-0.1, -0.05) is 42.5 Å². The van der Waals surface area contributed by atoms with Crippen molar-refractivity contribution in [3.05, 3.63) is 60.2 Å². The van der Waals surface area contributed by atoms with Gasteiger partial charge >= 0.3 is 0 Å². The molecule has 1 aliphatic carbocycles. The third-order valence-corrected chi connectivity index (χ3v) is 3.49. The maximum Gasteiger partial charge on any atom is 0.261 e. The Morgan fingerprint density at radius 3 is 2.68 bits per heavy atom. The van der Waals surface area contributed by atoms with E-state index < -0.39 is 5.79 Å². The molecule has 1 unspecified atom stereocenters. The number of benzene rings is 2. The Labute approximate surface area is 111 Å². The summed E-state index contributed by atoms with van der Waals surface area (Å²) in [6.07, 6.45) is 1.61. The monoisotopic (exact) mass is 254 g/mol. The largest absolute Gasteiger partial charge is 0.343 e. The molecule has 0 aromatic heterocycles. The van der Waals surface area contributed by atoms with Gasteiger partial charge in [-0.05, 0) is 5.39 Å². The molecule has 0 amide bonds. The highest BCUT2D eigenvalue weighted by molar-refractivity contribution is 6.18. The molecule has 3 heteroatoms. The number of methoxy groups -OCH3 is 1. The lowest BCUT2D eigenvalue weighted by Gasteiger charge is -2.26. The van der Waals surface area contributed by atoms with Crippen LogP contribution in [0.4, 0.5) is 0 Å². The number of ether oxygens (including phenoxy) is 2. The van der Waals surface area contributed by atoms with Gasteiger partial charge in [0.1, 0.15) is 0 Å². The van der Waals surface area contributed by atoms with Crippen molar-refractivity contribution in [1.82, 2.24) is 0 Å². The summed E-state index contributed by atoms with van der Waals surface area (Å²) in [6, 6.07) is 11.4. The maximum atomic E-state index is 12.7. The van der Waals surface area contributed by atoms with E-state index in [4.69, 9.17) is 9.47 Å². The Kier molecular flexibility index (Phi) is 2.73. The van der Waals surface area contributed by atoms with Crippen LogP contribution >= 0.6 is 0 Å². The minimum atomic E-state index is -1.34. The normalized spacial score (nSPS) is 21.0. The first kappa shape index (κ1) is 12.1. The van der Waals surface area contributed by atoms with Crippen LogP contribution < -0.4 is 0 Å². The highest BCUT2D eigenvalue weighted by Crippen LogP contribution is 2.43. The van der Waals surface area contributed by atoms with Crippen LogP contribution in [0.1, 0.15) is 15.9 Å². The number of rotatable bonds is 4. The minimum absolute atomic E-state index is 0.149. The van der Waals surface area contributed by atoms with Gasteiger partial charge in [0.2, 0.25) is 5.78 Å². The number of hydrogen-bond acceptors (Lipinski definition) is 3. The molecule has 1 atom stereocenters. The van der Waals surface area contributed by atoms with E-state index in [0.29, 0.717) is 5.56 Å². The summed E-state index contributed by atoms with van der Waals surface area (Å²) >= 11 is 0. The molecule has 0 bridgehead atoms. The van der Waals surface area contributed by atoms with Crippen molar-refractivity contribution in [2.75, 3.05) is 13.7 Å². The summed E-state index contributed by atoms with van der Waals surface area (Å²) in [5, 5.41) is 1.94. The lowest BCUT2D eigenvalue weighted by atomic mass is 10.0. The molecule has 3 nitrogen and oxygen atoms in total. The molecule has 0 N–H and O–H groups in total. The van der Waals surface area contributed by atoms with E-state index in [0.717, 1.165) is 16.3 Å². The van der Waals surface area contributed by atoms with E-state index in [1.54, 1.807) is 6.08 Å². The minimum Gasteiger partial charge on any atom is -0.343 e. The molecule has 0 saturated carbocycles. The van der Waals surface area contributed by atoms with Gasteiger partial charge in [-0.25, -0.2) is 0 Å². The predicted octanol–water partition coefficient (Wildman–Crippen LogP) is 3.04.